The van der Waals surface area contributed by atoms with Crippen LogP contribution in [0.5, 0.6) is 11.5 Å². The van der Waals surface area contributed by atoms with Gasteiger partial charge in [0.1, 0.15) is 11.5 Å². The van der Waals surface area contributed by atoms with Crippen molar-refractivity contribution in [3.8, 4) is 11.5 Å². The smallest absolute Gasteiger partial charge is 0.265 e. The standard InChI is InChI=1S/C26H32N2O4/c1-2-31-22-11-9-20(10-12-22)7-8-21-13-16-27(17-14-21)25(29)15-18-28-23-5-3-4-6-24(23)32-19-26(28)30/h3-6,9-12,21H,2,7-8,13-19H2,1H3. The van der Waals surface area contributed by atoms with Crippen LogP contribution in [-0.2, 0) is 16.0 Å². The van der Waals surface area contributed by atoms with E-state index >= 15 is 0 Å². The lowest BCUT2D eigenvalue weighted by atomic mass is 9.90. The van der Waals surface area contributed by atoms with E-state index in [4.69, 9.17) is 9.47 Å². The molecule has 0 atom stereocenters. The maximum absolute atomic E-state index is 12.8. The number of carbonyl (C=O) groups excluding carboxylic acids is 2. The summed E-state index contributed by atoms with van der Waals surface area (Å²) in [5.74, 6) is 2.31. The van der Waals surface area contributed by atoms with E-state index in [9.17, 15) is 9.59 Å². The summed E-state index contributed by atoms with van der Waals surface area (Å²) >= 11 is 0. The molecule has 2 aliphatic heterocycles. The Morgan fingerprint density at radius 3 is 2.59 bits per heavy atom. The van der Waals surface area contributed by atoms with Gasteiger partial charge in [0.05, 0.1) is 12.3 Å². The molecule has 0 saturated carbocycles. The average Bonchev–Trinajstić information content (AvgIpc) is 2.83. The minimum Gasteiger partial charge on any atom is -0.494 e. The van der Waals surface area contributed by atoms with Crippen LogP contribution >= 0.6 is 0 Å². The van der Waals surface area contributed by atoms with E-state index in [-0.39, 0.29) is 18.4 Å². The number of ether oxygens (including phenoxy) is 2. The highest BCUT2D eigenvalue weighted by molar-refractivity contribution is 5.98. The van der Waals surface area contributed by atoms with Gasteiger partial charge in [0.15, 0.2) is 6.61 Å². The van der Waals surface area contributed by atoms with Gasteiger partial charge < -0.3 is 19.3 Å². The van der Waals surface area contributed by atoms with Crippen LogP contribution in [0.2, 0.25) is 0 Å². The van der Waals surface area contributed by atoms with E-state index in [0.717, 1.165) is 50.2 Å². The molecule has 1 saturated heterocycles. The van der Waals surface area contributed by atoms with Gasteiger partial charge in [-0.05, 0) is 68.4 Å². The van der Waals surface area contributed by atoms with Gasteiger partial charge in [0.25, 0.3) is 5.91 Å². The maximum atomic E-state index is 12.8. The van der Waals surface area contributed by atoms with Gasteiger partial charge in [-0.15, -0.1) is 0 Å². The second kappa shape index (κ2) is 10.5. The summed E-state index contributed by atoms with van der Waals surface area (Å²) in [4.78, 5) is 28.7. The lowest BCUT2D eigenvalue weighted by Crippen LogP contribution is -2.43. The Kier molecular flexibility index (Phi) is 7.30. The number of piperidine rings is 1. The third-order valence-corrected chi connectivity index (χ3v) is 6.40. The molecule has 4 rings (SSSR count). The van der Waals surface area contributed by atoms with Gasteiger partial charge in [-0.3, -0.25) is 9.59 Å². The van der Waals surface area contributed by atoms with E-state index in [1.165, 1.54) is 5.56 Å². The molecule has 6 heteroatoms. The van der Waals surface area contributed by atoms with E-state index in [2.05, 4.69) is 12.1 Å². The van der Waals surface area contributed by atoms with Crippen molar-refractivity contribution in [2.24, 2.45) is 5.92 Å². The Labute approximate surface area is 190 Å². The summed E-state index contributed by atoms with van der Waals surface area (Å²) in [6.07, 6.45) is 4.64. The van der Waals surface area contributed by atoms with Gasteiger partial charge in [-0.25, -0.2) is 0 Å². The molecule has 0 radical (unpaired) electrons. The van der Waals surface area contributed by atoms with Crippen molar-refractivity contribution < 1.29 is 19.1 Å². The molecule has 0 unspecified atom stereocenters. The highest BCUT2D eigenvalue weighted by Crippen LogP contribution is 2.31. The van der Waals surface area contributed by atoms with Crippen LogP contribution in [0.4, 0.5) is 5.69 Å². The number of hydrogen-bond donors (Lipinski definition) is 0. The Hall–Kier alpha value is -3.02. The fraction of sp³-hybridized carbons (Fsp3) is 0.462. The third kappa shape index (κ3) is 5.42. The molecule has 2 amide bonds. The fourth-order valence-corrected chi connectivity index (χ4v) is 4.53. The highest BCUT2D eigenvalue weighted by atomic mass is 16.5. The van der Waals surface area contributed by atoms with Gasteiger partial charge in [0, 0.05) is 26.1 Å². The molecule has 6 nitrogen and oxygen atoms in total. The molecule has 1 fully saturated rings. The predicted molar refractivity (Wildman–Crippen MR) is 124 cm³/mol. The molecular formula is C26H32N2O4. The Morgan fingerprint density at radius 2 is 1.84 bits per heavy atom. The third-order valence-electron chi connectivity index (χ3n) is 6.40. The van der Waals surface area contributed by atoms with Crippen molar-refractivity contribution in [2.75, 3.05) is 37.7 Å². The summed E-state index contributed by atoms with van der Waals surface area (Å²) in [5, 5.41) is 0. The number of fused-ring (bicyclic) bond motifs is 1. The van der Waals surface area contributed by atoms with Crippen molar-refractivity contribution in [3.05, 3.63) is 54.1 Å². The number of aryl methyl sites for hydroxylation is 1. The zero-order valence-corrected chi connectivity index (χ0v) is 18.8. The molecule has 2 aromatic rings. The van der Waals surface area contributed by atoms with Crippen LogP contribution in [-0.4, -0.2) is 49.6 Å². The number of nitrogens with zero attached hydrogens (tertiary/aromatic N) is 2. The summed E-state index contributed by atoms with van der Waals surface area (Å²) in [6, 6.07) is 15.9. The highest BCUT2D eigenvalue weighted by Gasteiger charge is 2.27. The summed E-state index contributed by atoms with van der Waals surface area (Å²) in [7, 11) is 0. The molecule has 0 bridgehead atoms. The SMILES string of the molecule is CCOc1ccc(CCC2CCN(C(=O)CCN3C(=O)COc4ccccc43)CC2)cc1. The predicted octanol–water partition coefficient (Wildman–Crippen LogP) is 4.07. The molecule has 2 aromatic carbocycles. The van der Waals surface area contributed by atoms with E-state index in [0.29, 0.717) is 31.2 Å². The number of carbonyl (C=O) groups is 2. The Morgan fingerprint density at radius 1 is 1.09 bits per heavy atom. The second-order valence-electron chi connectivity index (χ2n) is 8.49. The van der Waals surface area contributed by atoms with Crippen LogP contribution in [0.1, 0.15) is 38.2 Å². The number of rotatable bonds is 8. The number of amides is 2. The topological polar surface area (TPSA) is 59.1 Å². The first-order valence-corrected chi connectivity index (χ1v) is 11.7. The molecule has 0 aromatic heterocycles. The first-order valence-electron chi connectivity index (χ1n) is 11.7. The lowest BCUT2D eigenvalue weighted by molar-refractivity contribution is -0.132. The minimum atomic E-state index is -0.0931. The largest absolute Gasteiger partial charge is 0.494 e. The molecule has 0 N–H and O–H groups in total. The van der Waals surface area contributed by atoms with Gasteiger partial charge >= 0.3 is 0 Å². The molecule has 170 valence electrons. The first-order chi connectivity index (χ1) is 15.6. The Balaban J connectivity index is 1.21. The number of para-hydroxylation sites is 2. The van der Waals surface area contributed by atoms with Crippen LogP contribution in [0.3, 0.4) is 0 Å². The lowest BCUT2D eigenvalue weighted by Gasteiger charge is -2.33. The van der Waals surface area contributed by atoms with Gasteiger partial charge in [-0.2, -0.15) is 0 Å². The van der Waals surface area contributed by atoms with E-state index < -0.39 is 0 Å². The summed E-state index contributed by atoms with van der Waals surface area (Å²) < 4.78 is 11.0. The molecule has 0 spiro atoms. The molecule has 0 aliphatic carbocycles. The van der Waals surface area contributed by atoms with Crippen molar-refractivity contribution in [1.82, 2.24) is 4.90 Å². The van der Waals surface area contributed by atoms with Gasteiger partial charge in [0.2, 0.25) is 5.91 Å². The number of anilines is 1. The normalized spacial score (nSPS) is 16.5. The van der Waals surface area contributed by atoms with Gasteiger partial charge in [-0.1, -0.05) is 24.3 Å². The molecule has 2 aliphatic rings. The first kappa shape index (κ1) is 22.2. The zero-order valence-electron chi connectivity index (χ0n) is 18.8. The van der Waals surface area contributed by atoms with Crippen LogP contribution in [0.25, 0.3) is 0 Å². The minimum absolute atomic E-state index is 0.0327. The second-order valence-corrected chi connectivity index (χ2v) is 8.49. The monoisotopic (exact) mass is 436 g/mol. The van der Waals surface area contributed by atoms with Crippen LogP contribution < -0.4 is 14.4 Å². The van der Waals surface area contributed by atoms with E-state index in [1.54, 1.807) is 4.90 Å². The van der Waals surface area contributed by atoms with Crippen molar-refractivity contribution in [3.63, 3.8) is 0 Å². The Bertz CT molecular complexity index is 920. The fourth-order valence-electron chi connectivity index (χ4n) is 4.53. The number of hydrogen-bond acceptors (Lipinski definition) is 4. The molecule has 32 heavy (non-hydrogen) atoms. The molecular weight excluding hydrogens is 404 g/mol. The average molecular weight is 437 g/mol. The quantitative estimate of drug-likeness (QED) is 0.626. The van der Waals surface area contributed by atoms with Crippen molar-refractivity contribution >= 4 is 17.5 Å². The van der Waals surface area contributed by atoms with Crippen molar-refractivity contribution in [1.29, 1.82) is 0 Å². The zero-order chi connectivity index (χ0) is 22.3. The molecule has 2 heterocycles. The van der Waals surface area contributed by atoms with Crippen LogP contribution in [0.15, 0.2) is 48.5 Å². The van der Waals surface area contributed by atoms with Crippen LogP contribution in [0, 0.1) is 5.92 Å². The number of benzene rings is 2. The summed E-state index contributed by atoms with van der Waals surface area (Å²) in [5.41, 5.74) is 2.09. The maximum Gasteiger partial charge on any atom is 0.265 e. The summed E-state index contributed by atoms with van der Waals surface area (Å²) in [6.45, 7) is 4.72. The van der Waals surface area contributed by atoms with E-state index in [1.807, 2.05) is 48.2 Å². The number of likely N-dealkylation sites (tertiary alicyclic amines) is 1. The van der Waals surface area contributed by atoms with Crippen molar-refractivity contribution in [2.45, 2.75) is 39.0 Å².